The van der Waals surface area contributed by atoms with E-state index in [2.05, 4.69) is 25.6 Å². The minimum Gasteiger partial charge on any atom is -0.348 e. The predicted molar refractivity (Wildman–Crippen MR) is 98.9 cm³/mol. The lowest BCUT2D eigenvalue weighted by molar-refractivity contribution is 0.448. The Morgan fingerprint density at radius 1 is 1.36 bits per heavy atom. The normalized spacial score (nSPS) is 18.3. The maximum absolute atomic E-state index is 12.1. The molecule has 0 amide bonds. The van der Waals surface area contributed by atoms with Crippen molar-refractivity contribution in [3.8, 4) is 0 Å². The molecule has 0 bridgehead atoms. The van der Waals surface area contributed by atoms with Gasteiger partial charge in [-0.2, -0.15) is 0 Å². The van der Waals surface area contributed by atoms with Crippen LogP contribution in [0.25, 0.3) is 0 Å². The van der Waals surface area contributed by atoms with E-state index in [1.54, 1.807) is 11.3 Å². The second-order valence-electron chi connectivity index (χ2n) is 6.36. The summed E-state index contributed by atoms with van der Waals surface area (Å²) < 4.78 is 24.2. The van der Waals surface area contributed by atoms with Gasteiger partial charge in [-0.25, -0.2) is 23.4 Å². The third kappa shape index (κ3) is 4.34. The van der Waals surface area contributed by atoms with Gasteiger partial charge in [-0.1, -0.05) is 0 Å². The smallest absolute Gasteiger partial charge is 0.223 e. The maximum Gasteiger partial charge on any atom is 0.223 e. The summed E-state index contributed by atoms with van der Waals surface area (Å²) in [6.07, 6.45) is 4.57. The molecule has 25 heavy (non-hydrogen) atoms. The number of nitrogens with zero attached hydrogens (tertiary/aromatic N) is 3. The average Bonchev–Trinajstić information content (AvgIpc) is 2.91. The summed E-state index contributed by atoms with van der Waals surface area (Å²) >= 11 is 1.64. The lowest BCUT2D eigenvalue weighted by atomic mass is 9.96. The van der Waals surface area contributed by atoms with Gasteiger partial charge in [-0.05, 0) is 33.2 Å². The second-order valence-corrected chi connectivity index (χ2v) is 9.63. The molecule has 3 rings (SSSR count). The van der Waals surface area contributed by atoms with Gasteiger partial charge in [0.1, 0.15) is 9.90 Å². The van der Waals surface area contributed by atoms with Gasteiger partial charge >= 0.3 is 0 Å². The Morgan fingerprint density at radius 3 is 2.76 bits per heavy atom. The van der Waals surface area contributed by atoms with Crippen molar-refractivity contribution in [2.75, 3.05) is 24.7 Å². The molecule has 2 aromatic rings. The van der Waals surface area contributed by atoms with Crippen molar-refractivity contribution >= 4 is 27.1 Å². The van der Waals surface area contributed by atoms with Crippen LogP contribution in [0.15, 0.2) is 11.1 Å². The summed E-state index contributed by atoms with van der Waals surface area (Å²) in [5.74, 6) is 0.532. The zero-order valence-corrected chi connectivity index (χ0v) is 16.3. The minimum atomic E-state index is -3.36. The van der Waals surface area contributed by atoms with E-state index in [1.165, 1.54) is 17.3 Å². The van der Waals surface area contributed by atoms with Crippen LogP contribution in [0.2, 0.25) is 0 Å². The Bertz CT molecular complexity index is 838. The third-order valence-electron chi connectivity index (χ3n) is 4.34. The molecule has 1 fully saturated rings. The van der Waals surface area contributed by atoms with Crippen molar-refractivity contribution in [2.24, 2.45) is 0 Å². The van der Waals surface area contributed by atoms with Gasteiger partial charge in [0, 0.05) is 23.6 Å². The quantitative estimate of drug-likeness (QED) is 0.818. The number of aromatic nitrogens is 3. The molecule has 1 aliphatic rings. The van der Waals surface area contributed by atoms with E-state index in [0.717, 1.165) is 36.6 Å². The van der Waals surface area contributed by atoms with E-state index in [-0.39, 0.29) is 10.8 Å². The molecule has 0 radical (unpaired) electrons. The molecule has 2 aromatic heterocycles. The van der Waals surface area contributed by atoms with E-state index in [4.69, 9.17) is 0 Å². The van der Waals surface area contributed by atoms with Gasteiger partial charge in [0.25, 0.3) is 0 Å². The highest BCUT2D eigenvalue weighted by Gasteiger charge is 2.25. The first-order valence-corrected chi connectivity index (χ1v) is 11.0. The number of thiazole rings is 1. The number of nitrogens with one attached hydrogen (secondary N) is 2. The first-order chi connectivity index (χ1) is 11.8. The molecule has 0 aliphatic carbocycles. The van der Waals surface area contributed by atoms with Gasteiger partial charge in [0.2, 0.25) is 5.95 Å². The van der Waals surface area contributed by atoms with Crippen molar-refractivity contribution in [3.63, 3.8) is 0 Å². The Balaban J connectivity index is 1.85. The molecule has 1 atom stereocenters. The summed E-state index contributed by atoms with van der Waals surface area (Å²) in [5.41, 5.74) is 1.64. The number of anilines is 1. The Hall–Kier alpha value is -1.58. The fraction of sp³-hybridized carbons (Fsp3) is 0.562. The van der Waals surface area contributed by atoms with Crippen LogP contribution >= 0.6 is 11.3 Å². The van der Waals surface area contributed by atoms with Gasteiger partial charge in [0.05, 0.1) is 24.1 Å². The number of sulfone groups is 1. The van der Waals surface area contributed by atoms with E-state index >= 15 is 0 Å². The van der Waals surface area contributed by atoms with E-state index in [0.29, 0.717) is 18.2 Å². The molecule has 136 valence electrons. The summed E-state index contributed by atoms with van der Waals surface area (Å²) in [6.45, 7) is 6.26. The zero-order valence-electron chi connectivity index (χ0n) is 14.7. The monoisotopic (exact) mass is 381 g/mol. The molecule has 9 heteroatoms. The van der Waals surface area contributed by atoms with Gasteiger partial charge < -0.3 is 10.6 Å². The molecule has 3 heterocycles. The summed E-state index contributed by atoms with van der Waals surface area (Å²) in [6, 6.07) is 0. The molecule has 7 nitrogen and oxygen atoms in total. The van der Waals surface area contributed by atoms with Crippen molar-refractivity contribution in [3.05, 3.63) is 27.5 Å². The number of aryl methyl sites for hydroxylation is 2. The Morgan fingerprint density at radius 2 is 2.16 bits per heavy atom. The fourth-order valence-corrected chi connectivity index (χ4v) is 4.61. The SMILES string of the molecule is Cc1nc(CNc2ncc(S(C)(=O)=O)c([C@H]3CCCNC3)n2)sc1C. The molecule has 1 aliphatic heterocycles. The van der Waals surface area contributed by atoms with Crippen molar-refractivity contribution in [1.82, 2.24) is 20.3 Å². The topological polar surface area (TPSA) is 96.9 Å². The highest BCUT2D eigenvalue weighted by Crippen LogP contribution is 2.28. The minimum absolute atomic E-state index is 0.0892. The molecular formula is C16H23N5O2S2. The van der Waals surface area contributed by atoms with Gasteiger partial charge in [-0.15, -0.1) is 11.3 Å². The van der Waals surface area contributed by atoms with Crippen LogP contribution in [0.1, 0.15) is 40.0 Å². The zero-order chi connectivity index (χ0) is 18.0. The van der Waals surface area contributed by atoms with Crippen LogP contribution < -0.4 is 10.6 Å². The highest BCUT2D eigenvalue weighted by molar-refractivity contribution is 7.90. The number of hydrogen-bond donors (Lipinski definition) is 2. The second kappa shape index (κ2) is 7.35. The van der Waals surface area contributed by atoms with E-state index in [9.17, 15) is 8.42 Å². The van der Waals surface area contributed by atoms with Crippen LogP contribution in [0.5, 0.6) is 0 Å². The van der Waals surface area contributed by atoms with Gasteiger partial charge in [0.15, 0.2) is 9.84 Å². The van der Waals surface area contributed by atoms with Crippen LogP contribution in [-0.2, 0) is 16.4 Å². The molecule has 0 aromatic carbocycles. The van der Waals surface area contributed by atoms with Crippen LogP contribution in [0.4, 0.5) is 5.95 Å². The van der Waals surface area contributed by atoms with Crippen LogP contribution in [-0.4, -0.2) is 42.7 Å². The number of rotatable bonds is 5. The van der Waals surface area contributed by atoms with Crippen molar-refractivity contribution in [1.29, 1.82) is 0 Å². The average molecular weight is 382 g/mol. The standard InChI is InChI=1S/C16H23N5O2S2/c1-10-11(2)24-14(20-10)9-19-16-18-8-13(25(3,22)23)15(21-16)12-5-4-6-17-7-12/h8,12,17H,4-7,9H2,1-3H3,(H,18,19,21)/t12-/m0/s1. The lowest BCUT2D eigenvalue weighted by Crippen LogP contribution is -2.30. The third-order valence-corrected chi connectivity index (χ3v) is 6.52. The maximum atomic E-state index is 12.1. The summed E-state index contributed by atoms with van der Waals surface area (Å²) in [4.78, 5) is 14.7. The molecule has 2 N–H and O–H groups in total. The van der Waals surface area contributed by atoms with Crippen molar-refractivity contribution < 1.29 is 8.42 Å². The molecule has 0 spiro atoms. The van der Waals surface area contributed by atoms with E-state index < -0.39 is 9.84 Å². The first kappa shape index (κ1) is 18.2. The van der Waals surface area contributed by atoms with Crippen LogP contribution in [0.3, 0.4) is 0 Å². The van der Waals surface area contributed by atoms with Gasteiger partial charge in [-0.3, -0.25) is 0 Å². The molecule has 1 saturated heterocycles. The van der Waals surface area contributed by atoms with Crippen molar-refractivity contribution in [2.45, 2.75) is 44.0 Å². The largest absolute Gasteiger partial charge is 0.348 e. The fourth-order valence-electron chi connectivity index (χ4n) is 2.90. The number of piperidine rings is 1. The molecule has 0 unspecified atom stereocenters. The number of hydrogen-bond acceptors (Lipinski definition) is 8. The first-order valence-electron chi connectivity index (χ1n) is 8.29. The van der Waals surface area contributed by atoms with Crippen LogP contribution in [0, 0.1) is 13.8 Å². The Kier molecular flexibility index (Phi) is 5.35. The molecular weight excluding hydrogens is 358 g/mol. The Labute approximate surface area is 152 Å². The molecule has 0 saturated carbocycles. The van der Waals surface area contributed by atoms with E-state index in [1.807, 2.05) is 13.8 Å². The highest BCUT2D eigenvalue weighted by atomic mass is 32.2. The predicted octanol–water partition coefficient (Wildman–Crippen LogP) is 2.03. The lowest BCUT2D eigenvalue weighted by Gasteiger charge is -2.24. The summed E-state index contributed by atoms with van der Waals surface area (Å²) in [5, 5.41) is 7.45. The summed E-state index contributed by atoms with van der Waals surface area (Å²) in [7, 11) is -3.36.